The fourth-order valence-corrected chi connectivity index (χ4v) is 7.95. The van der Waals surface area contributed by atoms with Gasteiger partial charge < -0.3 is 4.42 Å². The van der Waals surface area contributed by atoms with Crippen molar-refractivity contribution in [3.05, 3.63) is 152 Å². The lowest BCUT2D eigenvalue weighted by atomic mass is 9.91. The Balaban J connectivity index is 1.39. The van der Waals surface area contributed by atoms with Crippen molar-refractivity contribution >= 4 is 87.0 Å². The van der Waals surface area contributed by atoms with E-state index in [1.54, 1.807) is 0 Å². The van der Waals surface area contributed by atoms with Crippen molar-refractivity contribution in [3.8, 4) is 17.2 Å². The van der Waals surface area contributed by atoms with Crippen molar-refractivity contribution in [2.75, 3.05) is 0 Å². The van der Waals surface area contributed by atoms with Crippen LogP contribution in [0.5, 0.6) is 0 Å². The topological polar surface area (TPSA) is 43.9 Å². The van der Waals surface area contributed by atoms with Gasteiger partial charge in [-0.2, -0.15) is 0 Å². The molecule has 0 amide bonds. The van der Waals surface area contributed by atoms with Crippen LogP contribution in [0.2, 0.25) is 0 Å². The summed E-state index contributed by atoms with van der Waals surface area (Å²) >= 11 is 0. The van der Waals surface area contributed by atoms with Crippen LogP contribution in [-0.4, -0.2) is 14.5 Å². The molecular formula is C44H25N3O. The van der Waals surface area contributed by atoms with Crippen molar-refractivity contribution < 1.29 is 4.42 Å². The van der Waals surface area contributed by atoms with E-state index in [0.717, 1.165) is 38.8 Å². The lowest BCUT2D eigenvalue weighted by molar-refractivity contribution is 0.666. The van der Waals surface area contributed by atoms with Crippen LogP contribution in [0.15, 0.2) is 156 Å². The van der Waals surface area contributed by atoms with Gasteiger partial charge in [0.1, 0.15) is 16.8 Å². The third kappa shape index (κ3) is 3.38. The van der Waals surface area contributed by atoms with Gasteiger partial charge in [-0.05, 0) is 62.0 Å². The maximum Gasteiger partial charge on any atom is 0.236 e. The number of hydrogen-bond donors (Lipinski definition) is 0. The summed E-state index contributed by atoms with van der Waals surface area (Å²) in [5.74, 6) is 0.618. The summed E-state index contributed by atoms with van der Waals surface area (Å²) in [7, 11) is 0. The molecule has 4 heteroatoms. The Labute approximate surface area is 274 Å². The van der Waals surface area contributed by atoms with Gasteiger partial charge in [-0.1, -0.05) is 127 Å². The van der Waals surface area contributed by atoms with Crippen molar-refractivity contribution in [2.45, 2.75) is 0 Å². The van der Waals surface area contributed by atoms with Crippen LogP contribution < -0.4 is 0 Å². The Hall–Kier alpha value is -6.52. The third-order valence-electron chi connectivity index (χ3n) is 9.98. The van der Waals surface area contributed by atoms with E-state index >= 15 is 0 Å². The minimum Gasteiger partial charge on any atom is -0.452 e. The van der Waals surface area contributed by atoms with Crippen molar-refractivity contribution in [1.29, 1.82) is 0 Å². The molecule has 0 fully saturated rings. The second kappa shape index (κ2) is 9.50. The second-order valence-electron chi connectivity index (χ2n) is 12.5. The minimum absolute atomic E-state index is 0.618. The molecule has 0 saturated heterocycles. The predicted octanol–water partition coefficient (Wildman–Crippen LogP) is 11.8. The Morgan fingerprint density at radius 3 is 1.79 bits per heavy atom. The number of furan rings is 1. The molecule has 0 spiro atoms. The number of rotatable bonds is 2. The third-order valence-corrected chi connectivity index (χ3v) is 9.98. The Kier molecular flexibility index (Phi) is 5.08. The molecule has 0 unspecified atom stereocenters. The number of aromatic nitrogens is 3. The summed E-state index contributed by atoms with van der Waals surface area (Å²) < 4.78 is 8.71. The summed E-state index contributed by atoms with van der Waals surface area (Å²) in [6, 6.07) is 53.7. The number of nitrogens with zero attached hydrogens (tertiary/aromatic N) is 3. The normalized spacial score (nSPS) is 12.2. The first kappa shape index (κ1) is 25.6. The molecule has 11 aromatic rings. The van der Waals surface area contributed by atoms with Crippen LogP contribution in [0.4, 0.5) is 0 Å². The van der Waals surface area contributed by atoms with Crippen LogP contribution in [-0.2, 0) is 0 Å². The molecule has 0 aliphatic rings. The predicted molar refractivity (Wildman–Crippen MR) is 199 cm³/mol. The highest BCUT2D eigenvalue weighted by Crippen LogP contribution is 2.45. The number of benzene rings is 8. The second-order valence-corrected chi connectivity index (χ2v) is 12.5. The average molecular weight is 612 g/mol. The molecule has 11 rings (SSSR count). The van der Waals surface area contributed by atoms with E-state index in [0.29, 0.717) is 11.5 Å². The van der Waals surface area contributed by atoms with Gasteiger partial charge in [0.2, 0.25) is 5.95 Å². The lowest BCUT2D eigenvalue weighted by Crippen LogP contribution is -2.03. The first-order valence-corrected chi connectivity index (χ1v) is 16.3. The Bertz CT molecular complexity index is 3080. The molecule has 0 atom stereocenters. The maximum absolute atomic E-state index is 6.46. The van der Waals surface area contributed by atoms with Crippen LogP contribution in [0.3, 0.4) is 0 Å². The van der Waals surface area contributed by atoms with Gasteiger partial charge in [0.25, 0.3) is 0 Å². The zero-order chi connectivity index (χ0) is 31.3. The first-order valence-electron chi connectivity index (χ1n) is 16.3. The minimum atomic E-state index is 0.618. The molecule has 0 N–H and O–H groups in total. The van der Waals surface area contributed by atoms with Crippen molar-refractivity contribution in [1.82, 2.24) is 14.5 Å². The SMILES string of the molecule is c1ccc(-c2nc(-n3c4ccc5ccccc5c4c4c5c6ccccc6c6ccccc6c5ccc43)nc3c2oc2ccccc23)cc1. The zero-order valence-corrected chi connectivity index (χ0v) is 25.7. The maximum atomic E-state index is 6.46. The molecule has 0 saturated carbocycles. The van der Waals surface area contributed by atoms with E-state index in [1.807, 2.05) is 36.4 Å². The molecule has 0 aliphatic carbocycles. The van der Waals surface area contributed by atoms with Crippen LogP contribution in [0.25, 0.3) is 104 Å². The van der Waals surface area contributed by atoms with Gasteiger partial charge in [0, 0.05) is 27.1 Å². The molecule has 0 aliphatic heterocycles. The van der Waals surface area contributed by atoms with Gasteiger partial charge in [-0.15, -0.1) is 0 Å². The van der Waals surface area contributed by atoms with Gasteiger partial charge in [-0.25, -0.2) is 9.97 Å². The summed E-state index contributed by atoms with van der Waals surface area (Å²) in [5, 5.41) is 13.3. The molecular weight excluding hydrogens is 587 g/mol. The first-order chi connectivity index (χ1) is 23.8. The summed E-state index contributed by atoms with van der Waals surface area (Å²) in [4.78, 5) is 10.7. The standard InChI is InChI=1S/C44H25N3O/c1-2-13-27(14-3-1)41-43-42(34-20-10-11-21-37(34)48-43)46-44(45-41)47-35-24-22-26-12-4-5-15-28(26)39(35)40-36(47)25-23-33-31-18-7-6-16-29(31)30-17-8-9-19-32(30)38(33)40/h1-25H. The molecule has 0 radical (unpaired) electrons. The Morgan fingerprint density at radius 2 is 1.00 bits per heavy atom. The van der Waals surface area contributed by atoms with Crippen LogP contribution >= 0.6 is 0 Å². The molecule has 222 valence electrons. The highest BCUT2D eigenvalue weighted by atomic mass is 16.3. The molecule has 48 heavy (non-hydrogen) atoms. The van der Waals surface area contributed by atoms with Crippen LogP contribution in [0, 0.1) is 0 Å². The molecule has 3 aromatic heterocycles. The van der Waals surface area contributed by atoms with E-state index in [-0.39, 0.29) is 0 Å². The van der Waals surface area contributed by atoms with Crippen LogP contribution in [0.1, 0.15) is 0 Å². The monoisotopic (exact) mass is 611 g/mol. The number of para-hydroxylation sites is 1. The fraction of sp³-hybridized carbons (Fsp3) is 0. The summed E-state index contributed by atoms with van der Waals surface area (Å²) in [5.41, 5.74) is 6.20. The average Bonchev–Trinajstić information content (AvgIpc) is 3.71. The summed E-state index contributed by atoms with van der Waals surface area (Å²) in [6.07, 6.45) is 0. The quantitative estimate of drug-likeness (QED) is 0.183. The highest BCUT2D eigenvalue weighted by molar-refractivity contribution is 6.37. The zero-order valence-electron chi connectivity index (χ0n) is 25.7. The van der Waals surface area contributed by atoms with Gasteiger partial charge in [0.05, 0.1) is 11.0 Å². The molecule has 0 bridgehead atoms. The number of hydrogen-bond acceptors (Lipinski definition) is 3. The van der Waals surface area contributed by atoms with E-state index < -0.39 is 0 Å². The van der Waals surface area contributed by atoms with E-state index in [9.17, 15) is 0 Å². The van der Waals surface area contributed by atoms with Gasteiger partial charge >= 0.3 is 0 Å². The Morgan fingerprint density at radius 1 is 0.417 bits per heavy atom. The van der Waals surface area contributed by atoms with E-state index in [1.165, 1.54) is 53.9 Å². The lowest BCUT2D eigenvalue weighted by Gasteiger charge is -2.12. The smallest absolute Gasteiger partial charge is 0.236 e. The van der Waals surface area contributed by atoms with E-state index in [4.69, 9.17) is 14.4 Å². The fourth-order valence-electron chi connectivity index (χ4n) is 7.95. The van der Waals surface area contributed by atoms with Crippen molar-refractivity contribution in [3.63, 3.8) is 0 Å². The molecule has 3 heterocycles. The molecule has 4 nitrogen and oxygen atoms in total. The van der Waals surface area contributed by atoms with Gasteiger partial charge in [0.15, 0.2) is 5.58 Å². The molecule has 8 aromatic carbocycles. The largest absolute Gasteiger partial charge is 0.452 e. The summed E-state index contributed by atoms with van der Waals surface area (Å²) in [6.45, 7) is 0. The van der Waals surface area contributed by atoms with Gasteiger partial charge in [-0.3, -0.25) is 4.57 Å². The number of fused-ring (bicyclic) bond motifs is 15. The highest BCUT2D eigenvalue weighted by Gasteiger charge is 2.24. The van der Waals surface area contributed by atoms with Crippen molar-refractivity contribution in [2.24, 2.45) is 0 Å². The van der Waals surface area contributed by atoms with E-state index in [2.05, 4.69) is 120 Å².